The molecule has 0 radical (unpaired) electrons. The average Bonchev–Trinajstić information content (AvgIpc) is 2.80. The normalized spacial score (nSPS) is 12.6. The lowest BCUT2D eigenvalue weighted by molar-refractivity contribution is 0.565. The zero-order valence-electron chi connectivity index (χ0n) is 8.42. The monoisotopic (exact) mass is 220 g/mol. The molecule has 0 bridgehead atoms. The van der Waals surface area contributed by atoms with Crippen molar-refractivity contribution in [3.63, 3.8) is 0 Å². The van der Waals surface area contributed by atoms with Gasteiger partial charge in [-0.1, -0.05) is 10.6 Å². The van der Waals surface area contributed by atoms with Crippen LogP contribution in [-0.2, 0) is 6.54 Å². The first-order valence-corrected chi connectivity index (χ1v) is 5.59. The van der Waals surface area contributed by atoms with E-state index in [4.69, 9.17) is 0 Å². The Morgan fingerprint density at radius 2 is 2.47 bits per heavy atom. The standard InChI is InChI=1S/C10H12N4S/c1-8(9-3-2-4-11-5-9)12-6-10-7-15-14-13-10/h2-5,7-8,12H,6H2,1H3/t8-/m1/s1. The van der Waals surface area contributed by atoms with Crippen LogP contribution in [0.15, 0.2) is 29.9 Å². The summed E-state index contributed by atoms with van der Waals surface area (Å²) in [5.41, 5.74) is 2.16. The summed E-state index contributed by atoms with van der Waals surface area (Å²) < 4.78 is 3.81. The highest BCUT2D eigenvalue weighted by Crippen LogP contribution is 2.10. The lowest BCUT2D eigenvalue weighted by atomic mass is 10.1. The quantitative estimate of drug-likeness (QED) is 0.853. The molecule has 1 N–H and O–H groups in total. The predicted octanol–water partition coefficient (Wildman–Crippen LogP) is 1.78. The van der Waals surface area contributed by atoms with E-state index < -0.39 is 0 Å². The van der Waals surface area contributed by atoms with Crippen molar-refractivity contribution >= 4 is 11.5 Å². The number of aromatic nitrogens is 3. The number of pyridine rings is 1. The van der Waals surface area contributed by atoms with Gasteiger partial charge in [-0.25, -0.2) is 0 Å². The van der Waals surface area contributed by atoms with Crippen LogP contribution >= 0.6 is 11.5 Å². The summed E-state index contributed by atoms with van der Waals surface area (Å²) in [5, 5.41) is 9.29. The predicted molar refractivity (Wildman–Crippen MR) is 59.4 cm³/mol. The van der Waals surface area contributed by atoms with E-state index in [0.29, 0.717) is 0 Å². The molecular formula is C10H12N4S. The van der Waals surface area contributed by atoms with E-state index in [0.717, 1.165) is 12.2 Å². The molecule has 0 aliphatic rings. The molecule has 4 nitrogen and oxygen atoms in total. The average molecular weight is 220 g/mol. The maximum atomic E-state index is 4.08. The van der Waals surface area contributed by atoms with E-state index in [1.165, 1.54) is 17.1 Å². The number of nitrogens with zero attached hydrogens (tertiary/aromatic N) is 3. The van der Waals surface area contributed by atoms with Gasteiger partial charge in [0.2, 0.25) is 0 Å². The summed E-state index contributed by atoms with van der Waals surface area (Å²) in [6, 6.07) is 4.28. The van der Waals surface area contributed by atoms with Crippen molar-refractivity contribution in [1.82, 2.24) is 19.9 Å². The van der Waals surface area contributed by atoms with Gasteiger partial charge in [-0.3, -0.25) is 4.98 Å². The Morgan fingerprint density at radius 3 is 3.13 bits per heavy atom. The highest BCUT2D eigenvalue weighted by Gasteiger charge is 2.04. The summed E-state index contributed by atoms with van der Waals surface area (Å²) in [6.07, 6.45) is 3.65. The minimum atomic E-state index is 0.278. The molecule has 0 aliphatic heterocycles. The molecule has 78 valence electrons. The first-order valence-electron chi connectivity index (χ1n) is 4.75. The van der Waals surface area contributed by atoms with Gasteiger partial charge < -0.3 is 5.32 Å². The van der Waals surface area contributed by atoms with Crippen molar-refractivity contribution in [1.29, 1.82) is 0 Å². The molecule has 2 aromatic heterocycles. The van der Waals surface area contributed by atoms with Gasteiger partial charge in [0.25, 0.3) is 0 Å². The Morgan fingerprint density at radius 1 is 1.53 bits per heavy atom. The molecule has 0 spiro atoms. The van der Waals surface area contributed by atoms with Crippen molar-refractivity contribution < 1.29 is 0 Å². The Balaban J connectivity index is 1.90. The molecule has 2 aromatic rings. The minimum absolute atomic E-state index is 0.278. The van der Waals surface area contributed by atoms with Crippen LogP contribution in [0.2, 0.25) is 0 Å². The molecule has 0 saturated carbocycles. The molecule has 0 saturated heterocycles. The lowest BCUT2D eigenvalue weighted by Gasteiger charge is -2.12. The van der Waals surface area contributed by atoms with Crippen molar-refractivity contribution in [2.75, 3.05) is 0 Å². The van der Waals surface area contributed by atoms with Crippen LogP contribution < -0.4 is 5.32 Å². The van der Waals surface area contributed by atoms with Gasteiger partial charge in [-0.15, -0.1) is 5.10 Å². The van der Waals surface area contributed by atoms with Crippen LogP contribution in [0.25, 0.3) is 0 Å². The highest BCUT2D eigenvalue weighted by atomic mass is 32.1. The SMILES string of the molecule is C[C@@H](NCc1csnn1)c1cccnc1. The molecule has 1 atom stereocenters. The molecule has 2 heterocycles. The fourth-order valence-corrected chi connectivity index (χ4v) is 1.72. The Hall–Kier alpha value is -1.33. The second-order valence-corrected chi connectivity index (χ2v) is 3.90. The smallest absolute Gasteiger partial charge is 0.0893 e. The molecule has 0 aromatic carbocycles. The zero-order chi connectivity index (χ0) is 10.5. The Labute approximate surface area is 92.5 Å². The van der Waals surface area contributed by atoms with Crippen LogP contribution in [0.1, 0.15) is 24.2 Å². The number of hydrogen-bond donors (Lipinski definition) is 1. The number of hydrogen-bond acceptors (Lipinski definition) is 5. The fraction of sp³-hybridized carbons (Fsp3) is 0.300. The van der Waals surface area contributed by atoms with E-state index in [-0.39, 0.29) is 6.04 Å². The molecular weight excluding hydrogens is 208 g/mol. The second-order valence-electron chi connectivity index (χ2n) is 3.29. The third kappa shape index (κ3) is 2.81. The lowest BCUT2D eigenvalue weighted by Crippen LogP contribution is -2.18. The maximum Gasteiger partial charge on any atom is 0.0893 e. The van der Waals surface area contributed by atoms with E-state index in [1.807, 2.05) is 17.6 Å². The third-order valence-corrected chi connectivity index (χ3v) is 2.73. The van der Waals surface area contributed by atoms with Crippen molar-refractivity contribution in [3.05, 3.63) is 41.2 Å². The van der Waals surface area contributed by atoms with Gasteiger partial charge in [0.15, 0.2) is 0 Å². The van der Waals surface area contributed by atoms with E-state index in [1.54, 1.807) is 6.20 Å². The summed E-state index contributed by atoms with van der Waals surface area (Å²) in [7, 11) is 0. The summed E-state index contributed by atoms with van der Waals surface area (Å²) in [5.74, 6) is 0. The molecule has 5 heteroatoms. The zero-order valence-corrected chi connectivity index (χ0v) is 9.24. The van der Waals surface area contributed by atoms with Gasteiger partial charge in [0, 0.05) is 30.4 Å². The minimum Gasteiger partial charge on any atom is -0.304 e. The highest BCUT2D eigenvalue weighted by molar-refractivity contribution is 7.03. The molecule has 0 amide bonds. The Bertz CT molecular complexity index is 387. The van der Waals surface area contributed by atoms with Crippen LogP contribution in [0, 0.1) is 0 Å². The maximum absolute atomic E-state index is 4.08. The van der Waals surface area contributed by atoms with Crippen LogP contribution in [0.5, 0.6) is 0 Å². The fourth-order valence-electron chi connectivity index (χ4n) is 1.27. The third-order valence-electron chi connectivity index (χ3n) is 2.18. The molecule has 2 rings (SSSR count). The first kappa shape index (κ1) is 10.2. The van der Waals surface area contributed by atoms with Gasteiger partial charge in [0.05, 0.1) is 5.69 Å². The largest absolute Gasteiger partial charge is 0.304 e. The van der Waals surface area contributed by atoms with Crippen molar-refractivity contribution in [3.8, 4) is 0 Å². The van der Waals surface area contributed by atoms with Gasteiger partial charge in [-0.2, -0.15) is 0 Å². The molecule has 0 aliphatic carbocycles. The molecule has 0 fully saturated rings. The summed E-state index contributed by atoms with van der Waals surface area (Å²) >= 11 is 1.37. The van der Waals surface area contributed by atoms with E-state index in [9.17, 15) is 0 Å². The van der Waals surface area contributed by atoms with Crippen LogP contribution in [-0.4, -0.2) is 14.6 Å². The molecule has 15 heavy (non-hydrogen) atoms. The first-order chi connectivity index (χ1) is 7.36. The number of nitrogens with one attached hydrogen (secondary N) is 1. The van der Waals surface area contributed by atoms with E-state index >= 15 is 0 Å². The Kier molecular flexibility index (Phi) is 3.37. The van der Waals surface area contributed by atoms with Gasteiger partial charge >= 0.3 is 0 Å². The topological polar surface area (TPSA) is 50.7 Å². The second kappa shape index (κ2) is 4.95. The van der Waals surface area contributed by atoms with Crippen molar-refractivity contribution in [2.24, 2.45) is 0 Å². The number of rotatable bonds is 4. The summed E-state index contributed by atoms with van der Waals surface area (Å²) in [4.78, 5) is 4.08. The molecule has 0 unspecified atom stereocenters. The van der Waals surface area contributed by atoms with Crippen molar-refractivity contribution in [2.45, 2.75) is 19.5 Å². The summed E-state index contributed by atoms with van der Waals surface area (Å²) in [6.45, 7) is 2.85. The van der Waals surface area contributed by atoms with Crippen LogP contribution in [0.4, 0.5) is 0 Å². The van der Waals surface area contributed by atoms with E-state index in [2.05, 4.69) is 32.9 Å². The van der Waals surface area contributed by atoms with Gasteiger partial charge in [-0.05, 0) is 30.1 Å². The van der Waals surface area contributed by atoms with Gasteiger partial charge in [0.1, 0.15) is 0 Å². The van der Waals surface area contributed by atoms with Crippen LogP contribution in [0.3, 0.4) is 0 Å².